The second kappa shape index (κ2) is 3.77. The van der Waals surface area contributed by atoms with Crippen molar-refractivity contribution in [3.05, 3.63) is 52.7 Å². The maximum absolute atomic E-state index is 11.8. The predicted octanol–water partition coefficient (Wildman–Crippen LogP) is 2.80. The number of hydrogen-bond acceptors (Lipinski definition) is 3. The zero-order chi connectivity index (χ0) is 12.7. The number of para-hydroxylation sites is 1. The molecule has 0 fully saturated rings. The summed E-state index contributed by atoms with van der Waals surface area (Å²) >= 11 is 0. The molecule has 0 aliphatic heterocycles. The standard InChI is InChI=1S/C14H11NO3/c1-8-13(16)6-10(14(17)18-8)11-7-15-12-5-3-2-4-9(11)12/h2-7,15-16H,1H3. The molecule has 90 valence electrons. The summed E-state index contributed by atoms with van der Waals surface area (Å²) in [6, 6.07) is 9.09. The topological polar surface area (TPSA) is 66.2 Å². The van der Waals surface area contributed by atoms with Gasteiger partial charge in [0, 0.05) is 22.7 Å². The van der Waals surface area contributed by atoms with Gasteiger partial charge >= 0.3 is 5.63 Å². The Kier molecular flexibility index (Phi) is 2.23. The number of hydrogen-bond donors (Lipinski definition) is 2. The lowest BCUT2D eigenvalue weighted by Crippen LogP contribution is -2.03. The Labute approximate surface area is 103 Å². The van der Waals surface area contributed by atoms with Crippen LogP contribution in [-0.2, 0) is 0 Å². The van der Waals surface area contributed by atoms with E-state index < -0.39 is 5.63 Å². The Balaban J connectivity index is 2.33. The minimum Gasteiger partial charge on any atom is -0.504 e. The molecule has 18 heavy (non-hydrogen) atoms. The molecule has 0 aliphatic carbocycles. The van der Waals surface area contributed by atoms with Gasteiger partial charge in [-0.15, -0.1) is 0 Å². The molecule has 2 aromatic heterocycles. The number of fused-ring (bicyclic) bond motifs is 1. The van der Waals surface area contributed by atoms with Crippen LogP contribution in [0.25, 0.3) is 22.0 Å². The number of nitrogens with one attached hydrogen (secondary N) is 1. The van der Waals surface area contributed by atoms with Crippen molar-refractivity contribution in [3.8, 4) is 16.9 Å². The van der Waals surface area contributed by atoms with Crippen LogP contribution >= 0.6 is 0 Å². The molecule has 2 heterocycles. The fourth-order valence-corrected chi connectivity index (χ4v) is 2.03. The summed E-state index contributed by atoms with van der Waals surface area (Å²) in [5, 5.41) is 10.6. The highest BCUT2D eigenvalue weighted by molar-refractivity contribution is 5.95. The van der Waals surface area contributed by atoms with Crippen LogP contribution in [0.15, 0.2) is 45.7 Å². The second-order valence-electron chi connectivity index (χ2n) is 4.14. The third kappa shape index (κ3) is 1.50. The normalized spacial score (nSPS) is 10.9. The molecule has 0 radical (unpaired) electrons. The summed E-state index contributed by atoms with van der Waals surface area (Å²) < 4.78 is 4.99. The van der Waals surface area contributed by atoms with Gasteiger partial charge in [-0.3, -0.25) is 0 Å². The number of rotatable bonds is 1. The van der Waals surface area contributed by atoms with Crippen LogP contribution < -0.4 is 5.63 Å². The van der Waals surface area contributed by atoms with Gasteiger partial charge in [0.25, 0.3) is 0 Å². The predicted molar refractivity (Wildman–Crippen MR) is 68.7 cm³/mol. The smallest absolute Gasteiger partial charge is 0.344 e. The lowest BCUT2D eigenvalue weighted by atomic mass is 10.1. The lowest BCUT2D eigenvalue weighted by molar-refractivity contribution is 0.404. The molecule has 0 saturated heterocycles. The molecule has 0 unspecified atom stereocenters. The summed E-state index contributed by atoms with van der Waals surface area (Å²) in [5.74, 6) is 0.207. The fourth-order valence-electron chi connectivity index (χ4n) is 2.03. The Morgan fingerprint density at radius 2 is 2.00 bits per heavy atom. The quantitative estimate of drug-likeness (QED) is 0.688. The van der Waals surface area contributed by atoms with Gasteiger partial charge in [0.1, 0.15) is 5.76 Å². The van der Waals surface area contributed by atoms with Crippen molar-refractivity contribution >= 4 is 10.9 Å². The van der Waals surface area contributed by atoms with Crippen molar-refractivity contribution in [1.82, 2.24) is 4.98 Å². The van der Waals surface area contributed by atoms with Gasteiger partial charge in [-0.2, -0.15) is 0 Å². The third-order valence-electron chi connectivity index (χ3n) is 2.99. The van der Waals surface area contributed by atoms with E-state index >= 15 is 0 Å². The first-order valence-corrected chi connectivity index (χ1v) is 5.57. The molecule has 1 aromatic carbocycles. The highest BCUT2D eigenvalue weighted by atomic mass is 16.4. The SMILES string of the molecule is Cc1oc(=O)c(-c2c[nH]c3ccccc23)cc1O. The van der Waals surface area contributed by atoms with Gasteiger partial charge in [0.05, 0.1) is 5.56 Å². The van der Waals surface area contributed by atoms with Crippen LogP contribution in [0, 0.1) is 6.92 Å². The van der Waals surface area contributed by atoms with E-state index in [1.165, 1.54) is 6.07 Å². The first kappa shape index (κ1) is 10.7. The maximum atomic E-state index is 11.8. The van der Waals surface area contributed by atoms with Gasteiger partial charge in [0.2, 0.25) is 0 Å². The summed E-state index contributed by atoms with van der Waals surface area (Å²) in [6.45, 7) is 1.55. The Hall–Kier alpha value is -2.49. The molecule has 0 amide bonds. The number of H-pyrrole nitrogens is 1. The molecular weight excluding hydrogens is 230 g/mol. The molecule has 0 aliphatic rings. The van der Waals surface area contributed by atoms with Crippen LogP contribution in [0.4, 0.5) is 0 Å². The summed E-state index contributed by atoms with van der Waals surface area (Å²) in [4.78, 5) is 14.9. The second-order valence-corrected chi connectivity index (χ2v) is 4.14. The number of aromatic nitrogens is 1. The molecule has 3 aromatic rings. The van der Waals surface area contributed by atoms with E-state index in [4.69, 9.17) is 4.42 Å². The summed E-state index contributed by atoms with van der Waals surface area (Å²) in [7, 11) is 0. The highest BCUT2D eigenvalue weighted by Crippen LogP contribution is 2.28. The van der Waals surface area contributed by atoms with Crippen molar-refractivity contribution in [2.24, 2.45) is 0 Å². The van der Waals surface area contributed by atoms with E-state index in [1.807, 2.05) is 24.3 Å². The number of benzene rings is 1. The average molecular weight is 241 g/mol. The molecular formula is C14H11NO3. The van der Waals surface area contributed by atoms with Crippen LogP contribution in [0.1, 0.15) is 5.76 Å². The number of aromatic hydroxyl groups is 1. The van der Waals surface area contributed by atoms with E-state index in [2.05, 4.69) is 4.98 Å². The van der Waals surface area contributed by atoms with Crippen LogP contribution in [0.5, 0.6) is 5.75 Å². The average Bonchev–Trinajstić information content (AvgIpc) is 2.78. The Morgan fingerprint density at radius 1 is 1.22 bits per heavy atom. The molecule has 3 rings (SSSR count). The van der Waals surface area contributed by atoms with Crippen molar-refractivity contribution in [3.63, 3.8) is 0 Å². The lowest BCUT2D eigenvalue weighted by Gasteiger charge is -2.01. The van der Waals surface area contributed by atoms with Gasteiger partial charge < -0.3 is 14.5 Å². The molecule has 0 bridgehead atoms. The van der Waals surface area contributed by atoms with E-state index in [1.54, 1.807) is 13.1 Å². The summed E-state index contributed by atoms with van der Waals surface area (Å²) in [5.41, 5.74) is 1.58. The van der Waals surface area contributed by atoms with Crippen LogP contribution in [0.3, 0.4) is 0 Å². The van der Waals surface area contributed by atoms with Gasteiger partial charge in [0.15, 0.2) is 5.75 Å². The fraction of sp³-hybridized carbons (Fsp3) is 0.0714. The zero-order valence-corrected chi connectivity index (χ0v) is 9.73. The monoisotopic (exact) mass is 241 g/mol. The van der Waals surface area contributed by atoms with Gasteiger partial charge in [-0.1, -0.05) is 18.2 Å². The van der Waals surface area contributed by atoms with Gasteiger partial charge in [-0.25, -0.2) is 4.79 Å². The van der Waals surface area contributed by atoms with Crippen molar-refractivity contribution in [2.45, 2.75) is 6.92 Å². The molecule has 4 nitrogen and oxygen atoms in total. The minimum absolute atomic E-state index is 0.0186. The van der Waals surface area contributed by atoms with Crippen LogP contribution in [-0.4, -0.2) is 10.1 Å². The molecule has 0 spiro atoms. The molecule has 2 N–H and O–H groups in total. The zero-order valence-electron chi connectivity index (χ0n) is 9.73. The van der Waals surface area contributed by atoms with Crippen molar-refractivity contribution in [1.29, 1.82) is 0 Å². The van der Waals surface area contributed by atoms with Gasteiger partial charge in [-0.05, 0) is 19.1 Å². The van der Waals surface area contributed by atoms with E-state index in [0.717, 1.165) is 16.5 Å². The molecule has 0 atom stereocenters. The Bertz CT molecular complexity index is 783. The van der Waals surface area contributed by atoms with Crippen molar-refractivity contribution < 1.29 is 9.52 Å². The number of aromatic amines is 1. The Morgan fingerprint density at radius 3 is 2.83 bits per heavy atom. The molecule has 0 saturated carbocycles. The first-order valence-electron chi connectivity index (χ1n) is 5.57. The van der Waals surface area contributed by atoms with E-state index in [0.29, 0.717) is 5.56 Å². The van der Waals surface area contributed by atoms with E-state index in [9.17, 15) is 9.90 Å². The van der Waals surface area contributed by atoms with E-state index in [-0.39, 0.29) is 11.5 Å². The third-order valence-corrected chi connectivity index (χ3v) is 2.99. The highest BCUT2D eigenvalue weighted by Gasteiger charge is 2.13. The maximum Gasteiger partial charge on any atom is 0.344 e. The minimum atomic E-state index is -0.449. The first-order chi connectivity index (χ1) is 8.66. The number of aryl methyl sites for hydroxylation is 1. The summed E-state index contributed by atoms with van der Waals surface area (Å²) in [6.07, 6.45) is 1.74. The van der Waals surface area contributed by atoms with Crippen molar-refractivity contribution in [2.75, 3.05) is 0 Å². The molecule has 4 heteroatoms. The largest absolute Gasteiger partial charge is 0.504 e. The van der Waals surface area contributed by atoms with Crippen LogP contribution in [0.2, 0.25) is 0 Å².